The number of hydrogen-bond acceptors (Lipinski definition) is 2. The van der Waals surface area contributed by atoms with Gasteiger partial charge in [0.25, 0.3) is 0 Å². The first-order valence-electron chi connectivity index (χ1n) is 7.04. The minimum atomic E-state index is 0. The van der Waals surface area contributed by atoms with E-state index in [4.69, 9.17) is 0 Å². The summed E-state index contributed by atoms with van der Waals surface area (Å²) >= 11 is 0. The van der Waals surface area contributed by atoms with Crippen LogP contribution in [0, 0.1) is 13.8 Å². The average Bonchev–Trinajstić information content (AvgIpc) is 2.26. The first kappa shape index (κ1) is 25.4. The molecule has 0 rings (SSSR count). The maximum Gasteiger partial charge on any atom is 0.0160 e. The largest absolute Gasteiger partial charge is 0.418 e. The first-order valence-corrected chi connectivity index (χ1v) is 7.04. The molecule has 0 heterocycles. The molecule has 119 valence electrons. The molecule has 0 aromatic heterocycles. The molecule has 0 unspecified atom stereocenters. The number of allylic oxidation sites excluding steroid dienone is 4. The Kier molecular flexibility index (Phi) is 21.1. The predicted octanol–water partition coefficient (Wildman–Crippen LogP) is 4.56. The molecular formula is C18H32N2Y-2. The summed E-state index contributed by atoms with van der Waals surface area (Å²) in [4.78, 5) is 0. The van der Waals surface area contributed by atoms with Gasteiger partial charge in [-0.15, -0.1) is 12.3 Å². The second-order valence-corrected chi connectivity index (χ2v) is 5.18. The zero-order valence-electron chi connectivity index (χ0n) is 14.1. The van der Waals surface area contributed by atoms with Crippen LogP contribution in [0.25, 0.3) is 0 Å². The zero-order valence-corrected chi connectivity index (χ0v) is 16.9. The van der Waals surface area contributed by atoms with E-state index >= 15 is 0 Å². The summed E-state index contributed by atoms with van der Waals surface area (Å²) < 4.78 is 0. The van der Waals surface area contributed by atoms with E-state index in [2.05, 4.69) is 57.7 Å². The molecule has 2 nitrogen and oxygen atoms in total. The molecule has 1 radical (unpaired) electrons. The Bertz CT molecular complexity index is 315. The molecule has 0 fully saturated rings. The molecule has 0 amide bonds. The fraction of sp³-hybridized carbons (Fsp3) is 0.444. The fourth-order valence-electron chi connectivity index (χ4n) is 1.31. The molecular weight excluding hydrogens is 333 g/mol. The fourth-order valence-corrected chi connectivity index (χ4v) is 1.31. The van der Waals surface area contributed by atoms with Gasteiger partial charge in [0.1, 0.15) is 0 Å². The van der Waals surface area contributed by atoms with E-state index in [1.54, 1.807) is 0 Å². The van der Waals surface area contributed by atoms with Gasteiger partial charge in [0, 0.05) is 51.5 Å². The van der Waals surface area contributed by atoms with Gasteiger partial charge in [0.05, 0.1) is 0 Å². The van der Waals surface area contributed by atoms with Gasteiger partial charge in [-0.2, -0.15) is 0 Å². The molecule has 21 heavy (non-hydrogen) atoms. The smallest absolute Gasteiger partial charge is 0.0160 e. The van der Waals surface area contributed by atoms with Crippen LogP contribution in [0.2, 0.25) is 0 Å². The second-order valence-electron chi connectivity index (χ2n) is 5.18. The van der Waals surface area contributed by atoms with Gasteiger partial charge in [0.15, 0.2) is 0 Å². The van der Waals surface area contributed by atoms with Gasteiger partial charge in [-0.3, -0.25) is 0 Å². The molecule has 3 heteroatoms. The minimum Gasteiger partial charge on any atom is -0.418 e. The van der Waals surface area contributed by atoms with Crippen molar-refractivity contribution in [3.8, 4) is 0 Å². The van der Waals surface area contributed by atoms with Crippen LogP contribution >= 0.6 is 0 Å². The molecule has 0 saturated carbocycles. The quantitative estimate of drug-likeness (QED) is 0.337. The van der Waals surface area contributed by atoms with E-state index in [-0.39, 0.29) is 32.7 Å². The van der Waals surface area contributed by atoms with Crippen molar-refractivity contribution in [2.45, 2.75) is 39.5 Å². The Balaban J connectivity index is -0.000000572. The molecule has 2 N–H and O–H groups in total. The number of rotatable bonds is 10. The van der Waals surface area contributed by atoms with Gasteiger partial charge in [0.2, 0.25) is 0 Å². The Morgan fingerprint density at radius 3 is 1.76 bits per heavy atom. The van der Waals surface area contributed by atoms with Crippen molar-refractivity contribution in [1.82, 2.24) is 10.6 Å². The van der Waals surface area contributed by atoms with Crippen LogP contribution in [0.15, 0.2) is 48.9 Å². The van der Waals surface area contributed by atoms with E-state index in [1.165, 1.54) is 5.57 Å². The monoisotopic (exact) mass is 365 g/mol. The van der Waals surface area contributed by atoms with Crippen molar-refractivity contribution in [2.75, 3.05) is 13.1 Å². The summed E-state index contributed by atoms with van der Waals surface area (Å²) in [5.41, 5.74) is 4.06. The molecule has 0 atom stereocenters. The maximum absolute atomic E-state index is 3.99. The molecule has 0 aromatic rings. The Labute approximate surface area is 158 Å². The SMILES string of the molecule is C=C(C)CCCC(=C)NCCCNC(=C)[CH2-].C=C([CH2-])C.[Y]. The third kappa shape index (κ3) is 32.7. The van der Waals surface area contributed by atoms with Gasteiger partial charge in [-0.05, 0) is 32.6 Å². The molecule has 0 saturated heterocycles. The third-order valence-electron chi connectivity index (χ3n) is 2.19. The summed E-state index contributed by atoms with van der Waals surface area (Å²) in [6.45, 7) is 27.9. The Hall–Kier alpha value is -0.596. The molecule has 0 aliphatic carbocycles. The topological polar surface area (TPSA) is 24.1 Å². The summed E-state index contributed by atoms with van der Waals surface area (Å²) in [5.74, 6) is 0. The van der Waals surface area contributed by atoms with E-state index in [1.807, 2.05) is 6.92 Å². The predicted molar refractivity (Wildman–Crippen MR) is 93.1 cm³/mol. The maximum atomic E-state index is 3.99. The van der Waals surface area contributed by atoms with Crippen LogP contribution in [0.4, 0.5) is 0 Å². The Morgan fingerprint density at radius 1 is 0.857 bits per heavy atom. The number of hydrogen-bond donors (Lipinski definition) is 2. The van der Waals surface area contributed by atoms with E-state index in [9.17, 15) is 0 Å². The Morgan fingerprint density at radius 2 is 1.33 bits per heavy atom. The van der Waals surface area contributed by atoms with Crippen molar-refractivity contribution >= 4 is 0 Å². The van der Waals surface area contributed by atoms with E-state index < -0.39 is 0 Å². The van der Waals surface area contributed by atoms with Crippen molar-refractivity contribution in [2.24, 2.45) is 0 Å². The number of nitrogens with one attached hydrogen (secondary N) is 2. The molecule has 0 aliphatic heterocycles. The summed E-state index contributed by atoms with van der Waals surface area (Å²) in [5, 5.41) is 6.41. The van der Waals surface area contributed by atoms with Crippen molar-refractivity contribution in [3.05, 3.63) is 62.7 Å². The minimum absolute atomic E-state index is 0. The van der Waals surface area contributed by atoms with E-state index in [0.29, 0.717) is 0 Å². The first-order chi connectivity index (χ1) is 9.25. The molecule has 0 spiro atoms. The van der Waals surface area contributed by atoms with Crippen LogP contribution in [-0.2, 0) is 32.7 Å². The third-order valence-corrected chi connectivity index (χ3v) is 2.19. The zero-order chi connectivity index (χ0) is 16.0. The van der Waals surface area contributed by atoms with Crippen molar-refractivity contribution in [3.63, 3.8) is 0 Å². The molecule has 0 bridgehead atoms. The van der Waals surface area contributed by atoms with Crippen molar-refractivity contribution in [1.29, 1.82) is 0 Å². The van der Waals surface area contributed by atoms with Gasteiger partial charge < -0.3 is 10.6 Å². The van der Waals surface area contributed by atoms with Gasteiger partial charge in [-0.25, -0.2) is 32.6 Å². The van der Waals surface area contributed by atoms with Crippen molar-refractivity contribution < 1.29 is 32.7 Å². The summed E-state index contributed by atoms with van der Waals surface area (Å²) in [6.07, 6.45) is 4.30. The standard InChI is InChI=1S/C14H25N2.C4H7.Y/c1-12(2)8-6-9-14(5)16-11-7-10-15-13(3)4;1-4(2)3;/h15-16H,1,3-11H2,2H3;1-2H2,3H3;/q2*-1;. The molecule has 0 aliphatic rings. The average molecular weight is 365 g/mol. The van der Waals surface area contributed by atoms with Crippen LogP contribution < -0.4 is 10.6 Å². The second kappa shape index (κ2) is 17.5. The summed E-state index contributed by atoms with van der Waals surface area (Å²) in [6, 6.07) is 0. The van der Waals surface area contributed by atoms with E-state index in [0.717, 1.165) is 55.7 Å². The van der Waals surface area contributed by atoms with Crippen LogP contribution in [0.1, 0.15) is 39.5 Å². The van der Waals surface area contributed by atoms with Crippen LogP contribution in [-0.4, -0.2) is 13.1 Å². The van der Waals surface area contributed by atoms with Gasteiger partial charge >= 0.3 is 0 Å². The van der Waals surface area contributed by atoms with Crippen LogP contribution in [0.5, 0.6) is 0 Å². The van der Waals surface area contributed by atoms with Gasteiger partial charge in [-0.1, -0.05) is 19.1 Å². The normalized spacial score (nSPS) is 8.48. The van der Waals surface area contributed by atoms with Crippen LogP contribution in [0.3, 0.4) is 0 Å². The molecule has 0 aromatic carbocycles. The summed E-state index contributed by atoms with van der Waals surface area (Å²) in [7, 11) is 0.